The van der Waals surface area contributed by atoms with Crippen LogP contribution in [0.2, 0.25) is 0 Å². The second-order valence-corrected chi connectivity index (χ2v) is 4.42. The Labute approximate surface area is 119 Å². The topological polar surface area (TPSA) is 113 Å². The molecule has 2 aromatic carbocycles. The van der Waals surface area contributed by atoms with Gasteiger partial charge in [0.15, 0.2) is 11.5 Å². The fourth-order valence-corrected chi connectivity index (χ4v) is 1.75. The number of aromatic hydroxyl groups is 2. The highest BCUT2D eigenvalue weighted by molar-refractivity contribution is 6.04. The minimum atomic E-state index is -0.552. The van der Waals surface area contributed by atoms with Crippen LogP contribution in [-0.4, -0.2) is 21.0 Å². The number of amides is 1. The molecule has 0 unspecified atom stereocenters. The molecule has 0 bridgehead atoms. The fourth-order valence-electron chi connectivity index (χ4n) is 1.75. The van der Waals surface area contributed by atoms with Crippen molar-refractivity contribution in [3.63, 3.8) is 0 Å². The van der Waals surface area contributed by atoms with E-state index in [1.165, 1.54) is 24.3 Å². The molecule has 0 aliphatic carbocycles. The Hall–Kier alpha value is -3.09. The zero-order valence-corrected chi connectivity index (χ0v) is 11.0. The quantitative estimate of drug-likeness (QED) is 0.456. The van der Waals surface area contributed by atoms with Crippen molar-refractivity contribution >= 4 is 17.3 Å². The number of benzene rings is 2. The van der Waals surface area contributed by atoms with Gasteiger partial charge in [-0.15, -0.1) is 0 Å². The molecular weight excluding hydrogens is 276 g/mol. The summed E-state index contributed by atoms with van der Waals surface area (Å²) in [6, 6.07) is 7.94. The molecule has 0 saturated heterocycles. The Balaban J connectivity index is 2.25. The number of nitro benzene ring substituents is 1. The van der Waals surface area contributed by atoms with Crippen LogP contribution in [0.1, 0.15) is 15.9 Å². The summed E-state index contributed by atoms with van der Waals surface area (Å²) in [6.45, 7) is 1.60. The summed E-state index contributed by atoms with van der Waals surface area (Å²) in [4.78, 5) is 22.3. The molecule has 7 nitrogen and oxygen atoms in total. The van der Waals surface area contributed by atoms with Gasteiger partial charge in [-0.1, -0.05) is 6.07 Å². The van der Waals surface area contributed by atoms with Gasteiger partial charge in [0.2, 0.25) is 0 Å². The molecule has 0 atom stereocenters. The molecule has 0 radical (unpaired) electrons. The van der Waals surface area contributed by atoms with Crippen LogP contribution in [0.3, 0.4) is 0 Å². The van der Waals surface area contributed by atoms with Crippen molar-refractivity contribution in [3.05, 3.63) is 57.6 Å². The molecule has 108 valence electrons. The van der Waals surface area contributed by atoms with Crippen LogP contribution >= 0.6 is 0 Å². The molecule has 0 saturated carbocycles. The number of carbonyl (C=O) groups is 1. The number of hydrogen-bond donors (Lipinski definition) is 3. The number of nitro groups is 1. The van der Waals surface area contributed by atoms with E-state index in [0.29, 0.717) is 5.56 Å². The molecule has 0 aliphatic rings. The average molecular weight is 288 g/mol. The summed E-state index contributed by atoms with van der Waals surface area (Å²) in [7, 11) is 0. The zero-order chi connectivity index (χ0) is 15.6. The van der Waals surface area contributed by atoms with Crippen LogP contribution in [-0.2, 0) is 0 Å². The van der Waals surface area contributed by atoms with Gasteiger partial charge in [-0.2, -0.15) is 0 Å². The highest BCUT2D eigenvalue weighted by atomic mass is 16.6. The Morgan fingerprint density at radius 3 is 2.48 bits per heavy atom. The maximum absolute atomic E-state index is 12.0. The van der Waals surface area contributed by atoms with Crippen LogP contribution in [0.5, 0.6) is 11.5 Å². The van der Waals surface area contributed by atoms with E-state index in [-0.39, 0.29) is 22.7 Å². The SMILES string of the molecule is Cc1ccc(NC(=O)c2ccc(O)c(O)c2)cc1[N+](=O)[O-]. The van der Waals surface area contributed by atoms with Gasteiger partial charge >= 0.3 is 0 Å². The minimum Gasteiger partial charge on any atom is -0.504 e. The lowest BCUT2D eigenvalue weighted by atomic mass is 10.1. The van der Waals surface area contributed by atoms with Crippen molar-refractivity contribution in [2.75, 3.05) is 5.32 Å². The van der Waals surface area contributed by atoms with Crippen LogP contribution in [0, 0.1) is 17.0 Å². The first-order chi connectivity index (χ1) is 9.88. The molecular formula is C14H12N2O5. The van der Waals surface area contributed by atoms with Crippen molar-refractivity contribution in [3.8, 4) is 11.5 Å². The summed E-state index contributed by atoms with van der Waals surface area (Å²) in [5.41, 5.74) is 0.778. The third kappa shape index (κ3) is 3.08. The molecule has 0 fully saturated rings. The van der Waals surface area contributed by atoms with E-state index in [2.05, 4.69) is 5.32 Å². The van der Waals surface area contributed by atoms with Crippen molar-refractivity contribution in [2.24, 2.45) is 0 Å². The van der Waals surface area contributed by atoms with Gasteiger partial charge in [0.25, 0.3) is 11.6 Å². The number of nitrogens with zero attached hydrogens (tertiary/aromatic N) is 1. The Morgan fingerprint density at radius 2 is 1.86 bits per heavy atom. The van der Waals surface area contributed by atoms with Crippen LogP contribution in [0.15, 0.2) is 36.4 Å². The monoisotopic (exact) mass is 288 g/mol. The molecule has 0 spiro atoms. The smallest absolute Gasteiger partial charge is 0.274 e. The lowest BCUT2D eigenvalue weighted by Crippen LogP contribution is -2.12. The second kappa shape index (κ2) is 5.49. The molecule has 2 aromatic rings. The second-order valence-electron chi connectivity index (χ2n) is 4.42. The third-order valence-corrected chi connectivity index (χ3v) is 2.90. The molecule has 7 heteroatoms. The van der Waals surface area contributed by atoms with E-state index in [4.69, 9.17) is 0 Å². The lowest BCUT2D eigenvalue weighted by molar-refractivity contribution is -0.385. The van der Waals surface area contributed by atoms with Crippen LogP contribution < -0.4 is 5.32 Å². The summed E-state index contributed by atoms with van der Waals surface area (Å²) in [6.07, 6.45) is 0. The van der Waals surface area contributed by atoms with Crippen LogP contribution in [0.4, 0.5) is 11.4 Å². The highest BCUT2D eigenvalue weighted by Gasteiger charge is 2.14. The maximum atomic E-state index is 12.0. The third-order valence-electron chi connectivity index (χ3n) is 2.90. The summed E-state index contributed by atoms with van der Waals surface area (Å²) < 4.78 is 0. The van der Waals surface area contributed by atoms with E-state index in [1.54, 1.807) is 13.0 Å². The summed E-state index contributed by atoms with van der Waals surface area (Å²) >= 11 is 0. The first-order valence-electron chi connectivity index (χ1n) is 5.97. The largest absolute Gasteiger partial charge is 0.504 e. The molecule has 0 aliphatic heterocycles. The minimum absolute atomic E-state index is 0.0960. The van der Waals surface area contributed by atoms with E-state index in [0.717, 1.165) is 6.07 Å². The highest BCUT2D eigenvalue weighted by Crippen LogP contribution is 2.26. The zero-order valence-electron chi connectivity index (χ0n) is 11.0. The van der Waals surface area contributed by atoms with E-state index >= 15 is 0 Å². The number of carbonyl (C=O) groups excluding carboxylic acids is 1. The van der Waals surface area contributed by atoms with E-state index in [9.17, 15) is 25.1 Å². The Kier molecular flexibility index (Phi) is 3.75. The predicted molar refractivity (Wildman–Crippen MR) is 75.6 cm³/mol. The maximum Gasteiger partial charge on any atom is 0.274 e. The van der Waals surface area contributed by atoms with Gasteiger partial charge in [-0.3, -0.25) is 14.9 Å². The fraction of sp³-hybridized carbons (Fsp3) is 0.0714. The van der Waals surface area contributed by atoms with Gasteiger partial charge in [0, 0.05) is 22.9 Å². The number of phenolic OH excluding ortho intramolecular Hbond substituents is 2. The molecule has 2 rings (SSSR count). The van der Waals surface area contributed by atoms with Crippen molar-refractivity contribution in [2.45, 2.75) is 6.92 Å². The lowest BCUT2D eigenvalue weighted by Gasteiger charge is -2.07. The predicted octanol–water partition coefficient (Wildman–Crippen LogP) is 2.57. The number of rotatable bonds is 3. The van der Waals surface area contributed by atoms with Gasteiger partial charge in [0.1, 0.15) is 0 Å². The van der Waals surface area contributed by atoms with Gasteiger partial charge in [-0.05, 0) is 31.2 Å². The summed E-state index contributed by atoms with van der Waals surface area (Å²) in [5.74, 6) is -1.31. The number of nitrogens with one attached hydrogen (secondary N) is 1. The van der Waals surface area contributed by atoms with Crippen molar-refractivity contribution < 1.29 is 19.9 Å². The van der Waals surface area contributed by atoms with E-state index < -0.39 is 16.6 Å². The first kappa shape index (κ1) is 14.3. The van der Waals surface area contributed by atoms with Crippen molar-refractivity contribution in [1.82, 2.24) is 0 Å². The number of anilines is 1. The molecule has 21 heavy (non-hydrogen) atoms. The first-order valence-corrected chi connectivity index (χ1v) is 5.97. The van der Waals surface area contributed by atoms with Gasteiger partial charge < -0.3 is 15.5 Å². The average Bonchev–Trinajstić information content (AvgIpc) is 2.43. The Bertz CT molecular complexity index is 727. The van der Waals surface area contributed by atoms with Crippen molar-refractivity contribution in [1.29, 1.82) is 0 Å². The van der Waals surface area contributed by atoms with Gasteiger partial charge in [-0.25, -0.2) is 0 Å². The van der Waals surface area contributed by atoms with Gasteiger partial charge in [0.05, 0.1) is 4.92 Å². The molecule has 0 aromatic heterocycles. The molecule has 1 amide bonds. The standard InChI is InChI=1S/C14H12N2O5/c1-8-2-4-10(7-11(8)16(20)21)15-14(19)9-3-5-12(17)13(18)6-9/h2-7,17-18H,1H3,(H,15,19). The number of phenols is 2. The molecule has 0 heterocycles. The Morgan fingerprint density at radius 1 is 1.14 bits per heavy atom. The molecule has 3 N–H and O–H groups in total. The van der Waals surface area contributed by atoms with Crippen LogP contribution in [0.25, 0.3) is 0 Å². The number of hydrogen-bond acceptors (Lipinski definition) is 5. The number of aryl methyl sites for hydroxylation is 1. The summed E-state index contributed by atoms with van der Waals surface area (Å²) in [5, 5.41) is 31.9. The normalized spacial score (nSPS) is 10.1. The van der Waals surface area contributed by atoms with E-state index in [1.807, 2.05) is 0 Å².